The summed E-state index contributed by atoms with van der Waals surface area (Å²) in [5, 5.41) is 3.11. The van der Waals surface area contributed by atoms with Crippen molar-refractivity contribution in [2.45, 2.75) is 20.4 Å². The van der Waals surface area contributed by atoms with Crippen LogP contribution in [0.15, 0.2) is 60.1 Å². The lowest BCUT2D eigenvalue weighted by atomic mass is 10.1. The molecule has 2 aromatic rings. The van der Waals surface area contributed by atoms with Crippen molar-refractivity contribution in [3.8, 4) is 5.75 Å². The van der Waals surface area contributed by atoms with Crippen LogP contribution in [0.1, 0.15) is 16.7 Å². The molecule has 0 heterocycles. The third kappa shape index (κ3) is 4.88. The summed E-state index contributed by atoms with van der Waals surface area (Å²) in [7, 11) is 0. The van der Waals surface area contributed by atoms with Gasteiger partial charge in [-0.1, -0.05) is 36.9 Å². The number of aryl methyl sites for hydroxylation is 2. The van der Waals surface area contributed by atoms with Crippen LogP contribution in [0.25, 0.3) is 0 Å². The van der Waals surface area contributed by atoms with Crippen molar-refractivity contribution in [3.63, 3.8) is 0 Å². The van der Waals surface area contributed by atoms with Crippen LogP contribution in [0, 0.1) is 13.8 Å². The summed E-state index contributed by atoms with van der Waals surface area (Å²) in [6.07, 6.45) is 1.72. The topological polar surface area (TPSA) is 59.6 Å². The smallest absolute Gasteiger partial charge is 0.193 e. The zero-order valence-corrected chi connectivity index (χ0v) is 13.7. The Hall–Kier alpha value is -2.75. The van der Waals surface area contributed by atoms with Crippen LogP contribution in [-0.4, -0.2) is 12.6 Å². The number of hydrogen-bond donors (Lipinski definition) is 2. The van der Waals surface area contributed by atoms with Gasteiger partial charge in [0.25, 0.3) is 0 Å². The Morgan fingerprint density at radius 3 is 2.74 bits per heavy atom. The second-order valence-electron chi connectivity index (χ2n) is 5.33. The van der Waals surface area contributed by atoms with Gasteiger partial charge in [-0.3, -0.25) is 0 Å². The minimum Gasteiger partial charge on any atom is -0.489 e. The van der Waals surface area contributed by atoms with Crippen LogP contribution in [0.3, 0.4) is 0 Å². The number of benzene rings is 2. The van der Waals surface area contributed by atoms with E-state index in [0.29, 0.717) is 19.1 Å². The van der Waals surface area contributed by atoms with E-state index in [1.807, 2.05) is 30.3 Å². The van der Waals surface area contributed by atoms with Gasteiger partial charge >= 0.3 is 0 Å². The minimum atomic E-state index is 0.381. The third-order valence-corrected chi connectivity index (χ3v) is 3.53. The van der Waals surface area contributed by atoms with E-state index < -0.39 is 0 Å². The first-order chi connectivity index (χ1) is 11.1. The van der Waals surface area contributed by atoms with E-state index in [-0.39, 0.29) is 0 Å². The molecular weight excluding hydrogens is 286 g/mol. The quantitative estimate of drug-likeness (QED) is 0.485. The van der Waals surface area contributed by atoms with Gasteiger partial charge in [0.05, 0.1) is 6.54 Å². The Morgan fingerprint density at radius 1 is 1.22 bits per heavy atom. The van der Waals surface area contributed by atoms with Crippen molar-refractivity contribution in [2.24, 2.45) is 10.7 Å². The summed E-state index contributed by atoms with van der Waals surface area (Å²) in [6.45, 7) is 8.73. The lowest BCUT2D eigenvalue weighted by Gasteiger charge is -2.10. The monoisotopic (exact) mass is 309 g/mol. The maximum absolute atomic E-state index is 5.97. The van der Waals surface area contributed by atoms with E-state index in [4.69, 9.17) is 10.5 Å². The van der Waals surface area contributed by atoms with Crippen LogP contribution in [0.5, 0.6) is 5.75 Å². The fourth-order valence-electron chi connectivity index (χ4n) is 2.10. The van der Waals surface area contributed by atoms with Crippen molar-refractivity contribution >= 4 is 11.6 Å². The fourth-order valence-corrected chi connectivity index (χ4v) is 2.10. The molecule has 0 unspecified atom stereocenters. The highest BCUT2D eigenvalue weighted by Gasteiger charge is 2.02. The average molecular weight is 309 g/mol. The molecule has 23 heavy (non-hydrogen) atoms. The minimum absolute atomic E-state index is 0.381. The fraction of sp³-hybridized carbons (Fsp3) is 0.211. The zero-order valence-electron chi connectivity index (χ0n) is 13.7. The molecule has 3 N–H and O–H groups in total. The predicted octanol–water partition coefficient (Wildman–Crippen LogP) is 3.80. The number of anilines is 1. The summed E-state index contributed by atoms with van der Waals surface area (Å²) in [6, 6.07) is 13.9. The number of ether oxygens (including phenoxy) is 1. The van der Waals surface area contributed by atoms with Crippen LogP contribution < -0.4 is 15.8 Å². The number of rotatable bonds is 6. The van der Waals surface area contributed by atoms with Crippen molar-refractivity contribution in [1.29, 1.82) is 0 Å². The molecule has 120 valence electrons. The van der Waals surface area contributed by atoms with Gasteiger partial charge in [0.2, 0.25) is 0 Å². The van der Waals surface area contributed by atoms with Crippen LogP contribution in [0.2, 0.25) is 0 Å². The third-order valence-electron chi connectivity index (χ3n) is 3.53. The molecule has 0 amide bonds. The number of nitrogens with zero attached hydrogens (tertiary/aromatic N) is 1. The van der Waals surface area contributed by atoms with Gasteiger partial charge in [-0.2, -0.15) is 0 Å². The van der Waals surface area contributed by atoms with Gasteiger partial charge in [-0.05, 0) is 43.2 Å². The second-order valence-corrected chi connectivity index (χ2v) is 5.33. The summed E-state index contributed by atoms with van der Waals surface area (Å²) < 4.78 is 5.62. The van der Waals surface area contributed by atoms with Gasteiger partial charge in [-0.25, -0.2) is 4.99 Å². The SMILES string of the molecule is C=CCOc1ccccc1CN=C(N)Nc1ccc(C)c(C)c1. The average Bonchev–Trinajstić information content (AvgIpc) is 2.55. The Balaban J connectivity index is 2.04. The first kappa shape index (κ1) is 16.6. The van der Waals surface area contributed by atoms with Gasteiger partial charge in [0, 0.05) is 11.3 Å². The standard InChI is InChI=1S/C19H23N3O/c1-4-11-23-18-8-6-5-7-16(18)13-21-19(20)22-17-10-9-14(2)15(3)12-17/h4-10,12H,1,11,13H2,2-3H3,(H3,20,21,22). The molecule has 4 heteroatoms. The lowest BCUT2D eigenvalue weighted by Crippen LogP contribution is -2.22. The van der Waals surface area contributed by atoms with Gasteiger partial charge in [0.1, 0.15) is 12.4 Å². The largest absolute Gasteiger partial charge is 0.489 e. The van der Waals surface area contributed by atoms with Crippen molar-refractivity contribution < 1.29 is 4.74 Å². The maximum Gasteiger partial charge on any atom is 0.193 e. The highest BCUT2D eigenvalue weighted by atomic mass is 16.5. The van der Waals surface area contributed by atoms with E-state index in [0.717, 1.165) is 17.0 Å². The van der Waals surface area contributed by atoms with Crippen LogP contribution in [0.4, 0.5) is 5.69 Å². The van der Waals surface area contributed by atoms with E-state index in [2.05, 4.69) is 42.9 Å². The Bertz CT molecular complexity index is 708. The first-order valence-electron chi connectivity index (χ1n) is 7.56. The van der Waals surface area contributed by atoms with E-state index >= 15 is 0 Å². The molecule has 0 fully saturated rings. The predicted molar refractivity (Wildman–Crippen MR) is 97.0 cm³/mol. The van der Waals surface area contributed by atoms with Crippen LogP contribution in [-0.2, 0) is 6.54 Å². The lowest BCUT2D eigenvalue weighted by molar-refractivity contribution is 0.359. The number of aliphatic imine (C=N–C) groups is 1. The summed E-state index contributed by atoms with van der Waals surface area (Å²) in [5.74, 6) is 1.18. The Labute approximate surface area is 137 Å². The Morgan fingerprint density at radius 2 is 2.00 bits per heavy atom. The molecule has 0 aliphatic carbocycles. The van der Waals surface area contributed by atoms with Gasteiger partial charge in [0.15, 0.2) is 5.96 Å². The molecule has 0 radical (unpaired) electrons. The normalized spacial score (nSPS) is 11.1. The molecule has 0 spiro atoms. The van der Waals surface area contributed by atoms with Gasteiger partial charge < -0.3 is 15.8 Å². The second kappa shape index (κ2) is 8.03. The molecule has 0 aliphatic heterocycles. The molecule has 0 bridgehead atoms. The molecule has 0 saturated heterocycles. The molecule has 0 aromatic heterocycles. The van der Waals surface area contributed by atoms with Crippen molar-refractivity contribution in [3.05, 3.63) is 71.8 Å². The van der Waals surface area contributed by atoms with Crippen molar-refractivity contribution in [1.82, 2.24) is 0 Å². The summed E-state index contributed by atoms with van der Waals surface area (Å²) >= 11 is 0. The number of guanidine groups is 1. The number of para-hydroxylation sites is 1. The molecule has 0 atom stereocenters. The van der Waals surface area contributed by atoms with Crippen LogP contribution >= 0.6 is 0 Å². The maximum atomic E-state index is 5.97. The molecule has 2 rings (SSSR count). The number of nitrogens with one attached hydrogen (secondary N) is 1. The number of hydrogen-bond acceptors (Lipinski definition) is 2. The summed E-state index contributed by atoms with van der Waals surface area (Å²) in [5.41, 5.74) is 10.4. The molecule has 0 saturated carbocycles. The molecular formula is C19H23N3O. The van der Waals surface area contributed by atoms with E-state index in [1.165, 1.54) is 11.1 Å². The van der Waals surface area contributed by atoms with E-state index in [1.54, 1.807) is 6.08 Å². The zero-order chi connectivity index (χ0) is 16.7. The first-order valence-corrected chi connectivity index (χ1v) is 7.56. The van der Waals surface area contributed by atoms with Gasteiger partial charge in [-0.15, -0.1) is 0 Å². The molecule has 0 aliphatic rings. The Kier molecular flexibility index (Phi) is 5.80. The number of nitrogens with two attached hydrogens (primary N) is 1. The molecule has 2 aromatic carbocycles. The highest BCUT2D eigenvalue weighted by molar-refractivity contribution is 5.92. The highest BCUT2D eigenvalue weighted by Crippen LogP contribution is 2.19. The van der Waals surface area contributed by atoms with Crippen molar-refractivity contribution in [2.75, 3.05) is 11.9 Å². The van der Waals surface area contributed by atoms with E-state index in [9.17, 15) is 0 Å². The summed E-state index contributed by atoms with van der Waals surface area (Å²) in [4.78, 5) is 4.39. The molecule has 4 nitrogen and oxygen atoms in total.